The molecule has 2 heterocycles. The van der Waals surface area contributed by atoms with Gasteiger partial charge in [-0.2, -0.15) is 0 Å². The van der Waals surface area contributed by atoms with Crippen LogP contribution in [0.3, 0.4) is 0 Å². The first-order chi connectivity index (χ1) is 10.0. The second-order valence-corrected chi connectivity index (χ2v) is 6.10. The van der Waals surface area contributed by atoms with Crippen molar-refractivity contribution >= 4 is 17.4 Å². The highest BCUT2D eigenvalue weighted by Crippen LogP contribution is 2.44. The van der Waals surface area contributed by atoms with Crippen LogP contribution in [0.15, 0.2) is 42.5 Å². The van der Waals surface area contributed by atoms with Gasteiger partial charge in [-0.15, -0.1) is 0 Å². The molecule has 2 aromatic carbocycles. The maximum Gasteiger partial charge on any atom is 0.259 e. The van der Waals surface area contributed by atoms with E-state index in [2.05, 4.69) is 0 Å². The number of ketones is 1. The standard InChI is InChI=1S/C18H15NO2/c1-11-7-8-12-10-18(2)16(20)13-5-3-4-6-15(13)19(18)17(21)14(12)9-11/h3-9H,10H2,1-2H3. The Hall–Kier alpha value is -2.42. The summed E-state index contributed by atoms with van der Waals surface area (Å²) < 4.78 is 0. The number of carbonyl (C=O) groups is 2. The number of nitrogens with zero attached hydrogens (tertiary/aromatic N) is 1. The van der Waals surface area contributed by atoms with Crippen LogP contribution in [0.1, 0.15) is 38.8 Å². The normalized spacial score (nSPS) is 22.9. The van der Waals surface area contributed by atoms with E-state index in [0.717, 1.165) is 22.4 Å². The van der Waals surface area contributed by atoms with Crippen LogP contribution in [0.4, 0.5) is 5.69 Å². The molecule has 3 nitrogen and oxygen atoms in total. The van der Waals surface area contributed by atoms with Crippen LogP contribution >= 0.6 is 0 Å². The molecule has 2 aliphatic heterocycles. The van der Waals surface area contributed by atoms with E-state index in [1.165, 1.54) is 0 Å². The quantitative estimate of drug-likeness (QED) is 0.741. The van der Waals surface area contributed by atoms with Crippen molar-refractivity contribution in [3.63, 3.8) is 0 Å². The zero-order valence-electron chi connectivity index (χ0n) is 12.0. The van der Waals surface area contributed by atoms with E-state index in [1.807, 2.05) is 56.3 Å². The maximum atomic E-state index is 12.9. The highest BCUT2D eigenvalue weighted by atomic mass is 16.2. The second-order valence-electron chi connectivity index (χ2n) is 6.10. The SMILES string of the molecule is Cc1ccc2c(c1)C(=O)N1c3ccccc3C(=O)C1(C)C2. The summed E-state index contributed by atoms with van der Waals surface area (Å²) in [7, 11) is 0. The summed E-state index contributed by atoms with van der Waals surface area (Å²) in [5.41, 5.74) is 3.34. The number of aryl methyl sites for hydroxylation is 1. The average molecular weight is 277 g/mol. The number of para-hydroxylation sites is 1. The lowest BCUT2D eigenvalue weighted by atomic mass is 9.82. The highest BCUT2D eigenvalue weighted by Gasteiger charge is 2.53. The van der Waals surface area contributed by atoms with Gasteiger partial charge in [-0.25, -0.2) is 0 Å². The van der Waals surface area contributed by atoms with Crippen LogP contribution in [0.5, 0.6) is 0 Å². The van der Waals surface area contributed by atoms with Gasteiger partial charge < -0.3 is 0 Å². The molecule has 1 amide bonds. The largest absolute Gasteiger partial charge is 0.294 e. The minimum atomic E-state index is -0.789. The van der Waals surface area contributed by atoms with Crippen molar-refractivity contribution in [1.82, 2.24) is 0 Å². The van der Waals surface area contributed by atoms with E-state index in [0.29, 0.717) is 12.0 Å². The number of benzene rings is 2. The number of Topliss-reactive ketones (excluding diaryl/α,β-unsaturated/α-hetero) is 1. The van der Waals surface area contributed by atoms with Crippen LogP contribution in [0.2, 0.25) is 0 Å². The first-order valence-electron chi connectivity index (χ1n) is 7.10. The molecule has 0 N–H and O–H groups in total. The molecule has 4 rings (SSSR count). The van der Waals surface area contributed by atoms with Gasteiger partial charge in [0.1, 0.15) is 5.54 Å². The first kappa shape index (κ1) is 12.3. The summed E-state index contributed by atoms with van der Waals surface area (Å²) in [6.45, 7) is 3.85. The zero-order valence-corrected chi connectivity index (χ0v) is 12.0. The summed E-state index contributed by atoms with van der Waals surface area (Å²) in [4.78, 5) is 27.4. The van der Waals surface area contributed by atoms with E-state index in [1.54, 1.807) is 4.90 Å². The molecule has 104 valence electrons. The van der Waals surface area contributed by atoms with Crippen LogP contribution in [0.25, 0.3) is 0 Å². The summed E-state index contributed by atoms with van der Waals surface area (Å²) >= 11 is 0. The Balaban J connectivity index is 1.98. The van der Waals surface area contributed by atoms with Gasteiger partial charge in [-0.3, -0.25) is 14.5 Å². The molecular formula is C18H15NO2. The number of hydrogen-bond acceptors (Lipinski definition) is 2. The molecule has 0 fully saturated rings. The van der Waals surface area contributed by atoms with Gasteiger partial charge in [0, 0.05) is 17.5 Å². The fraction of sp³-hybridized carbons (Fsp3) is 0.222. The number of rotatable bonds is 0. The average Bonchev–Trinajstić information content (AvgIpc) is 2.70. The third-order valence-electron chi connectivity index (χ3n) is 4.61. The van der Waals surface area contributed by atoms with Crippen molar-refractivity contribution in [3.8, 4) is 0 Å². The zero-order chi connectivity index (χ0) is 14.8. The van der Waals surface area contributed by atoms with Crippen molar-refractivity contribution in [1.29, 1.82) is 0 Å². The number of fused-ring (bicyclic) bond motifs is 4. The molecule has 2 aliphatic rings. The lowest BCUT2D eigenvalue weighted by Gasteiger charge is -2.39. The highest BCUT2D eigenvalue weighted by molar-refractivity contribution is 6.24. The topological polar surface area (TPSA) is 37.4 Å². The van der Waals surface area contributed by atoms with E-state index < -0.39 is 5.54 Å². The molecule has 0 aromatic heterocycles. The summed E-state index contributed by atoms with van der Waals surface area (Å²) in [6, 6.07) is 13.3. The first-order valence-corrected chi connectivity index (χ1v) is 7.10. The molecule has 0 bridgehead atoms. The molecule has 1 atom stereocenters. The van der Waals surface area contributed by atoms with Crippen LogP contribution < -0.4 is 4.90 Å². The third kappa shape index (κ3) is 1.43. The Morgan fingerprint density at radius 3 is 2.62 bits per heavy atom. The fourth-order valence-electron chi connectivity index (χ4n) is 3.55. The predicted octanol–water partition coefficient (Wildman–Crippen LogP) is 3.15. The molecule has 3 heteroatoms. The Labute approximate surface area is 123 Å². The molecule has 1 unspecified atom stereocenters. The number of carbonyl (C=O) groups excluding carboxylic acids is 2. The van der Waals surface area contributed by atoms with Crippen LogP contribution in [0, 0.1) is 6.92 Å². The van der Waals surface area contributed by atoms with Crippen LogP contribution in [-0.4, -0.2) is 17.2 Å². The molecule has 0 saturated heterocycles. The molecular weight excluding hydrogens is 262 g/mol. The van der Waals surface area contributed by atoms with Gasteiger partial charge in [-0.05, 0) is 37.6 Å². The number of amides is 1. The number of anilines is 1. The Bertz CT molecular complexity index is 809. The minimum Gasteiger partial charge on any atom is -0.294 e. The monoisotopic (exact) mass is 277 g/mol. The van der Waals surface area contributed by atoms with Crippen molar-refractivity contribution in [2.45, 2.75) is 25.8 Å². The number of hydrogen-bond donors (Lipinski definition) is 0. The lowest BCUT2D eigenvalue weighted by Crippen LogP contribution is -2.55. The molecule has 0 aliphatic carbocycles. The van der Waals surface area contributed by atoms with Gasteiger partial charge >= 0.3 is 0 Å². The Morgan fingerprint density at radius 1 is 1.05 bits per heavy atom. The van der Waals surface area contributed by atoms with E-state index in [4.69, 9.17) is 0 Å². The van der Waals surface area contributed by atoms with Gasteiger partial charge in [0.2, 0.25) is 0 Å². The van der Waals surface area contributed by atoms with Crippen molar-refractivity contribution in [2.24, 2.45) is 0 Å². The van der Waals surface area contributed by atoms with Crippen LogP contribution in [-0.2, 0) is 6.42 Å². The fourth-order valence-corrected chi connectivity index (χ4v) is 3.55. The Kier molecular flexibility index (Phi) is 2.24. The molecule has 0 radical (unpaired) electrons. The smallest absolute Gasteiger partial charge is 0.259 e. The van der Waals surface area contributed by atoms with Gasteiger partial charge in [-0.1, -0.05) is 29.8 Å². The lowest BCUT2D eigenvalue weighted by molar-refractivity contribution is 0.0842. The van der Waals surface area contributed by atoms with E-state index in [-0.39, 0.29) is 11.7 Å². The Morgan fingerprint density at radius 2 is 1.81 bits per heavy atom. The second kappa shape index (κ2) is 3.82. The van der Waals surface area contributed by atoms with Crippen molar-refractivity contribution in [2.75, 3.05) is 4.90 Å². The van der Waals surface area contributed by atoms with Gasteiger partial charge in [0.15, 0.2) is 5.78 Å². The van der Waals surface area contributed by atoms with E-state index in [9.17, 15) is 9.59 Å². The summed E-state index contributed by atoms with van der Waals surface area (Å²) in [5, 5.41) is 0. The maximum absolute atomic E-state index is 12.9. The third-order valence-corrected chi connectivity index (χ3v) is 4.61. The van der Waals surface area contributed by atoms with Gasteiger partial charge in [0.25, 0.3) is 5.91 Å². The molecule has 2 aromatic rings. The minimum absolute atomic E-state index is 0.0395. The molecule has 0 saturated carbocycles. The predicted molar refractivity (Wildman–Crippen MR) is 80.9 cm³/mol. The summed E-state index contributed by atoms with van der Waals surface area (Å²) in [6.07, 6.45) is 0.571. The molecule has 0 spiro atoms. The summed E-state index contributed by atoms with van der Waals surface area (Å²) in [5.74, 6) is -0.0292. The van der Waals surface area contributed by atoms with Gasteiger partial charge in [0.05, 0.1) is 5.69 Å². The molecule has 21 heavy (non-hydrogen) atoms. The van der Waals surface area contributed by atoms with Crippen molar-refractivity contribution < 1.29 is 9.59 Å². The van der Waals surface area contributed by atoms with Crippen molar-refractivity contribution in [3.05, 3.63) is 64.7 Å². The van der Waals surface area contributed by atoms with E-state index >= 15 is 0 Å².